The van der Waals surface area contributed by atoms with Crippen LogP contribution < -0.4 is 10.6 Å². The molecule has 0 atom stereocenters. The minimum absolute atomic E-state index is 0.0268. The van der Waals surface area contributed by atoms with E-state index in [0.29, 0.717) is 16.1 Å². The fourth-order valence-corrected chi connectivity index (χ4v) is 2.73. The van der Waals surface area contributed by atoms with Crippen molar-refractivity contribution in [1.29, 1.82) is 0 Å². The summed E-state index contributed by atoms with van der Waals surface area (Å²) in [4.78, 5) is 39.5. The molecule has 7 nitrogen and oxygen atoms in total. The number of aliphatic carboxylic acids is 1. The molecule has 3 N–H and O–H groups in total. The lowest BCUT2D eigenvalue weighted by atomic mass is 10.2. The number of amides is 2. The van der Waals surface area contributed by atoms with Gasteiger partial charge in [-0.25, -0.2) is 0 Å². The number of nitrogens with one attached hydrogen (secondary N) is 2. The third kappa shape index (κ3) is 4.62. The van der Waals surface area contributed by atoms with Crippen molar-refractivity contribution < 1.29 is 19.5 Å². The number of hydrogen-bond acceptors (Lipinski definition) is 5. The van der Waals surface area contributed by atoms with E-state index in [1.807, 2.05) is 6.92 Å². The number of anilines is 1. The van der Waals surface area contributed by atoms with Crippen molar-refractivity contribution in [2.24, 2.45) is 0 Å². The number of carboxylic acid groups (broad SMARTS) is 1. The number of rotatable bonds is 6. The Morgan fingerprint density at radius 1 is 1.30 bits per heavy atom. The standard InChI is InChI=1S/C15H15N3O4S/c1-9-7-11(14(22)17-6-4-12(19)20)15(23-9)18-13(21)10-3-2-5-16-8-10/h2-3,5,7-8H,4,6H2,1H3,(H,17,22)(H,18,21)(H,19,20). The first-order chi connectivity index (χ1) is 11.0. The smallest absolute Gasteiger partial charge is 0.305 e. The van der Waals surface area contributed by atoms with Gasteiger partial charge in [-0.3, -0.25) is 19.4 Å². The maximum atomic E-state index is 12.1. The summed E-state index contributed by atoms with van der Waals surface area (Å²) in [5.74, 6) is -1.77. The summed E-state index contributed by atoms with van der Waals surface area (Å²) in [7, 11) is 0. The first kappa shape index (κ1) is 16.6. The van der Waals surface area contributed by atoms with Gasteiger partial charge in [-0.2, -0.15) is 0 Å². The van der Waals surface area contributed by atoms with Gasteiger partial charge >= 0.3 is 5.97 Å². The molecule has 0 aliphatic carbocycles. The lowest BCUT2D eigenvalue weighted by molar-refractivity contribution is -0.136. The molecule has 0 aromatic carbocycles. The Balaban J connectivity index is 2.09. The molecule has 0 saturated carbocycles. The molecule has 2 heterocycles. The maximum absolute atomic E-state index is 12.1. The van der Waals surface area contributed by atoms with Crippen LogP contribution in [-0.2, 0) is 4.79 Å². The monoisotopic (exact) mass is 333 g/mol. The number of carbonyl (C=O) groups is 3. The molecule has 2 aromatic heterocycles. The lowest BCUT2D eigenvalue weighted by Gasteiger charge is -2.06. The van der Waals surface area contributed by atoms with Crippen LogP contribution in [0.5, 0.6) is 0 Å². The summed E-state index contributed by atoms with van der Waals surface area (Å²) in [5, 5.41) is 14.2. The second kappa shape index (κ2) is 7.50. The van der Waals surface area contributed by atoms with Crippen LogP contribution in [0.15, 0.2) is 30.6 Å². The normalized spacial score (nSPS) is 10.1. The molecule has 0 radical (unpaired) electrons. The molecule has 23 heavy (non-hydrogen) atoms. The minimum Gasteiger partial charge on any atom is -0.481 e. The van der Waals surface area contributed by atoms with Gasteiger partial charge in [0.15, 0.2) is 0 Å². The van der Waals surface area contributed by atoms with Crippen LogP contribution in [0.3, 0.4) is 0 Å². The highest BCUT2D eigenvalue weighted by Crippen LogP contribution is 2.28. The van der Waals surface area contributed by atoms with Gasteiger partial charge < -0.3 is 15.7 Å². The van der Waals surface area contributed by atoms with Gasteiger partial charge in [0.25, 0.3) is 11.8 Å². The summed E-state index contributed by atoms with van der Waals surface area (Å²) >= 11 is 1.28. The van der Waals surface area contributed by atoms with Crippen LogP contribution >= 0.6 is 11.3 Å². The van der Waals surface area contributed by atoms with Crippen LogP contribution in [0.25, 0.3) is 0 Å². The number of pyridine rings is 1. The van der Waals surface area contributed by atoms with Crippen LogP contribution in [0.1, 0.15) is 32.0 Å². The minimum atomic E-state index is -0.989. The maximum Gasteiger partial charge on any atom is 0.305 e. The molecular weight excluding hydrogens is 318 g/mol. The zero-order valence-electron chi connectivity index (χ0n) is 12.3. The second-order valence-corrected chi connectivity index (χ2v) is 5.95. The molecule has 0 fully saturated rings. The zero-order valence-corrected chi connectivity index (χ0v) is 13.1. The SMILES string of the molecule is Cc1cc(C(=O)NCCC(=O)O)c(NC(=O)c2cccnc2)s1. The first-order valence-electron chi connectivity index (χ1n) is 6.79. The summed E-state index contributed by atoms with van der Waals surface area (Å²) in [5.41, 5.74) is 0.700. The van der Waals surface area contributed by atoms with Gasteiger partial charge in [0.05, 0.1) is 17.5 Å². The molecule has 0 aliphatic heterocycles. The molecule has 0 spiro atoms. The van der Waals surface area contributed by atoms with E-state index in [9.17, 15) is 14.4 Å². The predicted molar refractivity (Wildman–Crippen MR) is 85.8 cm³/mol. The molecule has 0 aliphatic rings. The quantitative estimate of drug-likeness (QED) is 0.748. The highest BCUT2D eigenvalue weighted by molar-refractivity contribution is 7.16. The Kier molecular flexibility index (Phi) is 5.42. The Bertz CT molecular complexity index is 728. The predicted octanol–water partition coefficient (Wildman–Crippen LogP) is 1.91. The number of carbonyl (C=O) groups excluding carboxylic acids is 2. The van der Waals surface area contributed by atoms with E-state index in [1.165, 1.54) is 17.5 Å². The van der Waals surface area contributed by atoms with Gasteiger partial charge in [0.1, 0.15) is 5.00 Å². The molecule has 2 aromatic rings. The van der Waals surface area contributed by atoms with Crippen molar-refractivity contribution in [1.82, 2.24) is 10.3 Å². The Morgan fingerprint density at radius 3 is 2.74 bits per heavy atom. The summed E-state index contributed by atoms with van der Waals surface area (Å²) in [6.45, 7) is 1.84. The highest BCUT2D eigenvalue weighted by atomic mass is 32.1. The van der Waals surface area contributed by atoms with Crippen molar-refractivity contribution in [3.8, 4) is 0 Å². The highest BCUT2D eigenvalue weighted by Gasteiger charge is 2.17. The number of thiophene rings is 1. The van der Waals surface area contributed by atoms with Crippen molar-refractivity contribution in [2.45, 2.75) is 13.3 Å². The van der Waals surface area contributed by atoms with Gasteiger partial charge in [0.2, 0.25) is 0 Å². The van der Waals surface area contributed by atoms with E-state index in [1.54, 1.807) is 24.4 Å². The molecule has 2 rings (SSSR count). The van der Waals surface area contributed by atoms with E-state index in [4.69, 9.17) is 5.11 Å². The molecule has 8 heteroatoms. The second-order valence-electron chi connectivity index (χ2n) is 4.70. The van der Waals surface area contributed by atoms with Crippen molar-refractivity contribution in [3.05, 3.63) is 46.6 Å². The van der Waals surface area contributed by atoms with Crippen LogP contribution in [-0.4, -0.2) is 34.4 Å². The molecule has 0 unspecified atom stereocenters. The fourth-order valence-electron chi connectivity index (χ4n) is 1.83. The van der Waals surface area contributed by atoms with Crippen molar-refractivity contribution in [3.63, 3.8) is 0 Å². The third-order valence-electron chi connectivity index (χ3n) is 2.88. The molecule has 120 valence electrons. The van der Waals surface area contributed by atoms with Crippen LogP contribution in [0.4, 0.5) is 5.00 Å². The van der Waals surface area contributed by atoms with Crippen LogP contribution in [0, 0.1) is 6.92 Å². The Labute approximate surface area is 136 Å². The van der Waals surface area contributed by atoms with Crippen molar-refractivity contribution >= 4 is 34.1 Å². The van der Waals surface area contributed by atoms with E-state index < -0.39 is 11.9 Å². The van der Waals surface area contributed by atoms with E-state index in [-0.39, 0.29) is 18.9 Å². The molecular formula is C15H15N3O4S. The van der Waals surface area contributed by atoms with Gasteiger partial charge in [-0.1, -0.05) is 0 Å². The number of aryl methyl sites for hydroxylation is 1. The van der Waals surface area contributed by atoms with Gasteiger partial charge in [-0.15, -0.1) is 11.3 Å². The van der Waals surface area contributed by atoms with Gasteiger partial charge in [-0.05, 0) is 25.1 Å². The van der Waals surface area contributed by atoms with Gasteiger partial charge in [0, 0.05) is 23.8 Å². The van der Waals surface area contributed by atoms with E-state index in [0.717, 1.165) is 4.88 Å². The molecule has 0 saturated heterocycles. The number of hydrogen-bond donors (Lipinski definition) is 3. The van der Waals surface area contributed by atoms with E-state index in [2.05, 4.69) is 15.6 Å². The van der Waals surface area contributed by atoms with E-state index >= 15 is 0 Å². The molecule has 0 bridgehead atoms. The largest absolute Gasteiger partial charge is 0.481 e. The average Bonchev–Trinajstić information content (AvgIpc) is 2.88. The average molecular weight is 333 g/mol. The Hall–Kier alpha value is -2.74. The fraction of sp³-hybridized carbons (Fsp3) is 0.200. The number of nitrogens with zero attached hydrogens (tertiary/aromatic N) is 1. The number of aromatic nitrogens is 1. The third-order valence-corrected chi connectivity index (χ3v) is 3.84. The Morgan fingerprint density at radius 2 is 2.09 bits per heavy atom. The summed E-state index contributed by atoms with van der Waals surface area (Å²) in [6, 6.07) is 4.92. The molecule has 2 amide bonds. The van der Waals surface area contributed by atoms with Crippen molar-refractivity contribution in [2.75, 3.05) is 11.9 Å². The topological polar surface area (TPSA) is 108 Å². The summed E-state index contributed by atoms with van der Waals surface area (Å²) in [6.07, 6.45) is 2.84. The first-order valence-corrected chi connectivity index (χ1v) is 7.61. The zero-order chi connectivity index (χ0) is 16.8. The lowest BCUT2D eigenvalue weighted by Crippen LogP contribution is -2.26. The number of carboxylic acids is 1. The van der Waals surface area contributed by atoms with Crippen LogP contribution in [0.2, 0.25) is 0 Å². The summed E-state index contributed by atoms with van der Waals surface area (Å²) < 4.78 is 0.